The summed E-state index contributed by atoms with van der Waals surface area (Å²) in [5.74, 6) is 0.600. The Morgan fingerprint density at radius 3 is 2.20 bits per heavy atom. The summed E-state index contributed by atoms with van der Waals surface area (Å²) in [6, 6.07) is 7.07. The molecule has 20 heavy (non-hydrogen) atoms. The van der Waals surface area contributed by atoms with Crippen molar-refractivity contribution in [1.82, 2.24) is 5.32 Å². The Balaban J connectivity index is 2.77. The molecular formula is C16H25ClN2O. The van der Waals surface area contributed by atoms with Gasteiger partial charge in [-0.25, -0.2) is 0 Å². The number of nitrogens with two attached hydrogens (primary N) is 1. The van der Waals surface area contributed by atoms with E-state index in [2.05, 4.69) is 33.0 Å². The average Bonchev–Trinajstić information content (AvgIpc) is 2.35. The molecule has 0 aliphatic heterocycles. The number of hydrogen-bond acceptors (Lipinski definition) is 2. The van der Waals surface area contributed by atoms with E-state index in [4.69, 9.17) is 17.3 Å². The minimum atomic E-state index is -0.455. The smallest absolute Gasteiger partial charge is 0.237 e. The first-order valence-electron chi connectivity index (χ1n) is 7.12. The van der Waals surface area contributed by atoms with E-state index in [0.29, 0.717) is 17.4 Å². The van der Waals surface area contributed by atoms with Crippen molar-refractivity contribution < 1.29 is 4.79 Å². The Hall–Kier alpha value is -1.06. The number of carbonyl (C=O) groups is 1. The molecule has 1 amide bonds. The molecule has 0 bridgehead atoms. The lowest BCUT2D eigenvalue weighted by molar-refractivity contribution is -0.123. The Morgan fingerprint density at radius 1 is 1.20 bits per heavy atom. The van der Waals surface area contributed by atoms with E-state index < -0.39 is 6.04 Å². The molecule has 2 atom stereocenters. The predicted molar refractivity (Wildman–Crippen MR) is 84.6 cm³/mol. The number of hydrogen-bond donors (Lipinski definition) is 2. The molecule has 1 aromatic carbocycles. The fourth-order valence-corrected chi connectivity index (χ4v) is 2.31. The Bertz CT molecular complexity index is 429. The molecule has 0 fully saturated rings. The lowest BCUT2D eigenvalue weighted by Crippen LogP contribution is -2.44. The molecule has 0 saturated carbocycles. The molecule has 0 spiro atoms. The summed E-state index contributed by atoms with van der Waals surface area (Å²) < 4.78 is 0. The monoisotopic (exact) mass is 296 g/mol. The first-order chi connectivity index (χ1) is 9.31. The largest absolute Gasteiger partial charge is 0.348 e. The molecule has 0 heterocycles. The van der Waals surface area contributed by atoms with Crippen LogP contribution in [0, 0.1) is 11.8 Å². The minimum Gasteiger partial charge on any atom is -0.348 e. The van der Waals surface area contributed by atoms with Crippen LogP contribution < -0.4 is 11.1 Å². The highest BCUT2D eigenvalue weighted by atomic mass is 35.5. The SMILES string of the molecule is CC(C)CC(N)C(=O)NC(c1ccc(Cl)cc1)C(C)C. The van der Waals surface area contributed by atoms with Gasteiger partial charge in [0.15, 0.2) is 0 Å². The fourth-order valence-electron chi connectivity index (χ4n) is 2.18. The van der Waals surface area contributed by atoms with E-state index >= 15 is 0 Å². The molecule has 0 aliphatic rings. The van der Waals surface area contributed by atoms with Crippen LogP contribution in [0.3, 0.4) is 0 Å². The van der Waals surface area contributed by atoms with E-state index in [1.54, 1.807) is 0 Å². The molecule has 1 aromatic rings. The maximum absolute atomic E-state index is 12.2. The third-order valence-corrected chi connectivity index (χ3v) is 3.51. The van der Waals surface area contributed by atoms with Crippen LogP contribution in [-0.4, -0.2) is 11.9 Å². The second kappa shape index (κ2) is 7.65. The van der Waals surface area contributed by atoms with Gasteiger partial charge in [0.2, 0.25) is 5.91 Å². The van der Waals surface area contributed by atoms with Gasteiger partial charge in [0, 0.05) is 5.02 Å². The van der Waals surface area contributed by atoms with Crippen molar-refractivity contribution in [2.24, 2.45) is 17.6 Å². The second-order valence-corrected chi connectivity index (χ2v) is 6.45. The van der Waals surface area contributed by atoms with Crippen molar-refractivity contribution >= 4 is 17.5 Å². The van der Waals surface area contributed by atoms with Crippen LogP contribution in [0.4, 0.5) is 0 Å². The lowest BCUT2D eigenvalue weighted by atomic mass is 9.95. The number of carbonyl (C=O) groups excluding carboxylic acids is 1. The number of benzene rings is 1. The fraction of sp³-hybridized carbons (Fsp3) is 0.562. The normalized spacial score (nSPS) is 14.4. The molecule has 3 nitrogen and oxygen atoms in total. The highest BCUT2D eigenvalue weighted by molar-refractivity contribution is 6.30. The van der Waals surface area contributed by atoms with Gasteiger partial charge in [-0.1, -0.05) is 51.4 Å². The van der Waals surface area contributed by atoms with Gasteiger partial charge < -0.3 is 11.1 Å². The third-order valence-electron chi connectivity index (χ3n) is 3.26. The molecule has 2 unspecified atom stereocenters. The zero-order valence-corrected chi connectivity index (χ0v) is 13.4. The molecule has 3 N–H and O–H groups in total. The van der Waals surface area contributed by atoms with Crippen molar-refractivity contribution in [1.29, 1.82) is 0 Å². The zero-order chi connectivity index (χ0) is 15.3. The van der Waals surface area contributed by atoms with Gasteiger partial charge in [-0.05, 0) is 36.0 Å². The summed E-state index contributed by atoms with van der Waals surface area (Å²) in [4.78, 5) is 12.2. The summed E-state index contributed by atoms with van der Waals surface area (Å²) in [7, 11) is 0. The van der Waals surface area contributed by atoms with Gasteiger partial charge in [-0.3, -0.25) is 4.79 Å². The van der Waals surface area contributed by atoms with Gasteiger partial charge in [0.1, 0.15) is 0 Å². The van der Waals surface area contributed by atoms with Crippen LogP contribution in [0.2, 0.25) is 5.02 Å². The summed E-state index contributed by atoms with van der Waals surface area (Å²) in [5, 5.41) is 3.74. The maximum atomic E-state index is 12.2. The van der Waals surface area contributed by atoms with Gasteiger partial charge in [-0.2, -0.15) is 0 Å². The number of nitrogens with one attached hydrogen (secondary N) is 1. The topological polar surface area (TPSA) is 55.1 Å². The molecule has 0 radical (unpaired) electrons. The van der Waals surface area contributed by atoms with E-state index in [1.165, 1.54) is 0 Å². The Labute approximate surface area is 126 Å². The van der Waals surface area contributed by atoms with Gasteiger partial charge in [-0.15, -0.1) is 0 Å². The Morgan fingerprint density at radius 2 is 1.75 bits per heavy atom. The van der Waals surface area contributed by atoms with Gasteiger partial charge in [0.25, 0.3) is 0 Å². The number of halogens is 1. The van der Waals surface area contributed by atoms with E-state index in [9.17, 15) is 4.79 Å². The highest BCUT2D eigenvalue weighted by Crippen LogP contribution is 2.23. The minimum absolute atomic E-state index is 0.0435. The van der Waals surface area contributed by atoms with Gasteiger partial charge in [0.05, 0.1) is 12.1 Å². The van der Waals surface area contributed by atoms with Crippen LogP contribution in [0.5, 0.6) is 0 Å². The first-order valence-corrected chi connectivity index (χ1v) is 7.50. The third kappa shape index (κ3) is 5.14. The van der Waals surface area contributed by atoms with Crippen LogP contribution in [0.25, 0.3) is 0 Å². The van der Waals surface area contributed by atoms with Gasteiger partial charge >= 0.3 is 0 Å². The summed E-state index contributed by atoms with van der Waals surface area (Å²) >= 11 is 5.90. The number of amides is 1. The van der Waals surface area contributed by atoms with Crippen molar-refractivity contribution in [3.8, 4) is 0 Å². The molecule has 0 aromatic heterocycles. The van der Waals surface area contributed by atoms with Crippen LogP contribution in [-0.2, 0) is 4.79 Å². The highest BCUT2D eigenvalue weighted by Gasteiger charge is 2.22. The first kappa shape index (κ1) is 17.0. The van der Waals surface area contributed by atoms with Crippen molar-refractivity contribution in [3.63, 3.8) is 0 Å². The molecular weight excluding hydrogens is 272 g/mol. The van der Waals surface area contributed by atoms with E-state index in [-0.39, 0.29) is 17.9 Å². The predicted octanol–water partition coefficient (Wildman–Crippen LogP) is 3.53. The lowest BCUT2D eigenvalue weighted by Gasteiger charge is -2.25. The molecule has 4 heteroatoms. The molecule has 1 rings (SSSR count). The average molecular weight is 297 g/mol. The maximum Gasteiger partial charge on any atom is 0.237 e. The Kier molecular flexibility index (Phi) is 6.50. The van der Waals surface area contributed by atoms with Crippen LogP contribution >= 0.6 is 11.6 Å². The summed E-state index contributed by atoms with van der Waals surface area (Å²) in [5.41, 5.74) is 6.99. The van der Waals surface area contributed by atoms with Crippen molar-refractivity contribution in [2.75, 3.05) is 0 Å². The van der Waals surface area contributed by atoms with E-state index in [1.807, 2.05) is 24.3 Å². The quantitative estimate of drug-likeness (QED) is 0.844. The standard InChI is InChI=1S/C16H25ClN2O/c1-10(2)9-14(18)16(20)19-15(11(3)4)12-5-7-13(17)8-6-12/h5-8,10-11,14-15H,9,18H2,1-4H3,(H,19,20). The van der Waals surface area contributed by atoms with Crippen LogP contribution in [0.15, 0.2) is 24.3 Å². The molecule has 112 valence electrons. The van der Waals surface area contributed by atoms with E-state index in [0.717, 1.165) is 5.56 Å². The molecule has 0 aliphatic carbocycles. The summed E-state index contributed by atoms with van der Waals surface area (Å²) in [6.07, 6.45) is 0.692. The second-order valence-electron chi connectivity index (χ2n) is 6.02. The van der Waals surface area contributed by atoms with Crippen molar-refractivity contribution in [2.45, 2.75) is 46.2 Å². The van der Waals surface area contributed by atoms with Crippen LogP contribution in [0.1, 0.15) is 45.7 Å². The van der Waals surface area contributed by atoms with Crippen molar-refractivity contribution in [3.05, 3.63) is 34.9 Å². The molecule has 0 saturated heterocycles. The summed E-state index contributed by atoms with van der Waals surface area (Å²) in [6.45, 7) is 8.28. The zero-order valence-electron chi connectivity index (χ0n) is 12.7. The number of rotatable bonds is 6.